The number of nitrogens with one attached hydrogen (secondary N) is 1. The molecule has 39 heavy (non-hydrogen) atoms. The van der Waals surface area contributed by atoms with Crippen LogP contribution in [0.25, 0.3) is 11.2 Å². The molecule has 0 amide bonds. The Labute approximate surface area is 222 Å². The summed E-state index contributed by atoms with van der Waals surface area (Å²) in [6.45, 7) is 6.44. The highest BCUT2D eigenvalue weighted by molar-refractivity contribution is 7.59. The number of benzene rings is 1. The number of rotatable bonds is 12. The number of halogens is 3. The fourth-order valence-corrected chi connectivity index (χ4v) is 6.24. The van der Waals surface area contributed by atoms with Crippen molar-refractivity contribution in [3.05, 3.63) is 42.5 Å². The molecule has 0 fully saturated rings. The van der Waals surface area contributed by atoms with E-state index in [-0.39, 0.29) is 18.7 Å². The summed E-state index contributed by atoms with van der Waals surface area (Å²) in [6.07, 6.45) is -2.87. The first-order chi connectivity index (χ1) is 18.0. The summed E-state index contributed by atoms with van der Waals surface area (Å²) in [7, 11) is -2.23. The minimum Gasteiger partial charge on any atom is -0.480 e. The van der Waals surface area contributed by atoms with Crippen LogP contribution in [0, 0.1) is 0 Å². The lowest BCUT2D eigenvalue weighted by atomic mass is 10.1. The lowest BCUT2D eigenvalue weighted by Crippen LogP contribution is -2.48. The third-order valence-corrected chi connectivity index (χ3v) is 8.85. The van der Waals surface area contributed by atoms with Crippen LogP contribution in [0.3, 0.4) is 0 Å². The highest BCUT2D eigenvalue weighted by Crippen LogP contribution is 2.51. The molecule has 2 aromatic heterocycles. The number of carboxylic acids is 1. The van der Waals surface area contributed by atoms with Crippen molar-refractivity contribution in [2.75, 3.05) is 19.1 Å². The van der Waals surface area contributed by atoms with Crippen LogP contribution >= 0.6 is 7.44 Å². The van der Waals surface area contributed by atoms with Crippen molar-refractivity contribution < 1.29 is 37.1 Å². The molecule has 0 saturated carbocycles. The van der Waals surface area contributed by atoms with E-state index in [2.05, 4.69) is 24.8 Å². The van der Waals surface area contributed by atoms with Gasteiger partial charge in [0.15, 0.2) is 11.5 Å². The first kappa shape index (κ1) is 30.3. The molecular formula is C23H31F3N7O5P. The average molecular weight is 574 g/mol. The largest absolute Gasteiger partial charge is 0.573 e. The van der Waals surface area contributed by atoms with E-state index in [0.717, 1.165) is 12.1 Å². The van der Waals surface area contributed by atoms with Crippen LogP contribution in [-0.2, 0) is 20.6 Å². The number of hydrogen-bond donors (Lipinski definition) is 3. The highest BCUT2D eigenvalue weighted by Gasteiger charge is 2.41. The van der Waals surface area contributed by atoms with E-state index in [4.69, 9.17) is 10.5 Å². The molecule has 1 aromatic carbocycles. The van der Waals surface area contributed by atoms with Crippen LogP contribution in [0.2, 0.25) is 0 Å². The second-order valence-electron chi connectivity index (χ2n) is 9.54. The first-order valence-electron chi connectivity index (χ1n) is 11.8. The van der Waals surface area contributed by atoms with Gasteiger partial charge in [0, 0.05) is 6.04 Å². The van der Waals surface area contributed by atoms with Gasteiger partial charge in [0.05, 0.1) is 19.0 Å². The Morgan fingerprint density at radius 3 is 2.44 bits per heavy atom. The molecule has 0 bridgehead atoms. The molecule has 0 aliphatic carbocycles. The molecule has 3 aromatic rings. The standard InChI is InChI=1S/C23H31F3N7O5P/c1-14(10-33-12-30-18-19(27)28-11-29-20(18)33)37-13-39(36,31-22(3,4)21(34)35)32(5)15(2)16-6-8-17(9-7-16)38-23(24,25)26/h6-9,11-12,14-15H,10,13H2,1-5H3,(H,31,36)(H,34,35)(H2,27,28,29)/t14-,15+,39?/m0/s1. The monoisotopic (exact) mass is 573 g/mol. The lowest BCUT2D eigenvalue weighted by molar-refractivity contribution is -0.274. The van der Waals surface area contributed by atoms with E-state index in [0.29, 0.717) is 16.7 Å². The molecule has 0 saturated heterocycles. The van der Waals surface area contributed by atoms with Crippen LogP contribution in [-0.4, -0.2) is 66.7 Å². The Balaban J connectivity index is 1.79. The normalized spacial score (nSPS) is 15.7. The van der Waals surface area contributed by atoms with E-state index < -0.39 is 43.2 Å². The smallest absolute Gasteiger partial charge is 0.480 e. The van der Waals surface area contributed by atoms with Crippen LogP contribution < -0.4 is 15.6 Å². The SMILES string of the molecule is C[C@H](c1ccc(OC(F)(F)F)cc1)N(C)P(=O)(CO[C@@H](C)Cn1cnc2c(N)ncnc21)NC(C)(C)C(=O)O. The highest BCUT2D eigenvalue weighted by atomic mass is 31.2. The van der Waals surface area contributed by atoms with Gasteiger partial charge < -0.3 is 24.9 Å². The van der Waals surface area contributed by atoms with Crippen molar-refractivity contribution in [2.24, 2.45) is 0 Å². The molecule has 3 rings (SSSR count). The van der Waals surface area contributed by atoms with Gasteiger partial charge in [-0.15, -0.1) is 13.2 Å². The Hall–Kier alpha value is -3.26. The zero-order chi connectivity index (χ0) is 29.2. The molecule has 0 radical (unpaired) electrons. The molecule has 3 atom stereocenters. The van der Waals surface area contributed by atoms with Gasteiger partial charge in [0.1, 0.15) is 29.5 Å². The molecule has 0 aliphatic rings. The number of anilines is 1. The summed E-state index contributed by atoms with van der Waals surface area (Å²) in [5.41, 5.74) is 5.69. The summed E-state index contributed by atoms with van der Waals surface area (Å²) < 4.78 is 64.8. The molecule has 0 spiro atoms. The lowest BCUT2D eigenvalue weighted by Gasteiger charge is -2.38. The molecular weight excluding hydrogens is 542 g/mol. The van der Waals surface area contributed by atoms with Gasteiger partial charge in [-0.2, -0.15) is 0 Å². The number of nitrogens with zero attached hydrogens (tertiary/aromatic N) is 5. The van der Waals surface area contributed by atoms with Gasteiger partial charge in [-0.1, -0.05) is 12.1 Å². The molecule has 214 valence electrons. The number of alkyl halides is 3. The van der Waals surface area contributed by atoms with Gasteiger partial charge in [-0.05, 0) is 52.4 Å². The van der Waals surface area contributed by atoms with Crippen molar-refractivity contribution in [1.82, 2.24) is 29.3 Å². The molecule has 16 heteroatoms. The number of nitrogen functional groups attached to an aromatic ring is 1. The van der Waals surface area contributed by atoms with Gasteiger partial charge in [-0.3, -0.25) is 9.36 Å². The maximum Gasteiger partial charge on any atom is 0.573 e. The number of nitrogens with two attached hydrogens (primary N) is 1. The fourth-order valence-electron chi connectivity index (χ4n) is 3.72. The Morgan fingerprint density at radius 2 is 1.85 bits per heavy atom. The third kappa shape index (κ3) is 7.44. The zero-order valence-corrected chi connectivity index (χ0v) is 22.9. The summed E-state index contributed by atoms with van der Waals surface area (Å²) in [5, 5.41) is 12.4. The summed E-state index contributed by atoms with van der Waals surface area (Å²) in [5.74, 6) is -1.40. The minimum absolute atomic E-state index is 0.227. The average Bonchev–Trinajstić information content (AvgIpc) is 3.25. The van der Waals surface area contributed by atoms with Crippen molar-refractivity contribution in [1.29, 1.82) is 0 Å². The second-order valence-corrected chi connectivity index (χ2v) is 12.1. The summed E-state index contributed by atoms with van der Waals surface area (Å²) in [6, 6.07) is 4.52. The number of aliphatic carboxylic acids is 1. The number of carboxylic acid groups (broad SMARTS) is 1. The summed E-state index contributed by atoms with van der Waals surface area (Å²) in [4.78, 5) is 24.1. The molecule has 1 unspecified atom stereocenters. The van der Waals surface area contributed by atoms with E-state index in [1.807, 2.05) is 0 Å². The van der Waals surface area contributed by atoms with Gasteiger partial charge >= 0.3 is 12.3 Å². The molecule has 0 aliphatic heterocycles. The van der Waals surface area contributed by atoms with Crippen LogP contribution in [0.15, 0.2) is 36.9 Å². The topological polar surface area (TPSA) is 158 Å². The predicted octanol–water partition coefficient (Wildman–Crippen LogP) is 4.01. The first-order valence-corrected chi connectivity index (χ1v) is 13.6. The third-order valence-electron chi connectivity index (χ3n) is 6.07. The minimum atomic E-state index is -4.83. The molecule has 4 N–H and O–H groups in total. The maximum atomic E-state index is 14.3. The number of fused-ring (bicyclic) bond motifs is 1. The Kier molecular flexibility index (Phi) is 8.90. The number of carbonyl (C=O) groups is 1. The van der Waals surface area contributed by atoms with Gasteiger partial charge in [-0.25, -0.2) is 24.7 Å². The summed E-state index contributed by atoms with van der Waals surface area (Å²) >= 11 is 0. The number of aromatic nitrogens is 4. The van der Waals surface area contributed by atoms with E-state index in [1.165, 1.54) is 50.4 Å². The van der Waals surface area contributed by atoms with E-state index in [1.54, 1.807) is 18.4 Å². The Bertz CT molecular complexity index is 1350. The van der Waals surface area contributed by atoms with Crippen molar-refractivity contribution in [2.45, 2.75) is 58.3 Å². The number of ether oxygens (including phenoxy) is 2. The van der Waals surface area contributed by atoms with Crippen molar-refractivity contribution in [3.8, 4) is 5.75 Å². The number of imidazole rings is 1. The Morgan fingerprint density at radius 1 is 1.21 bits per heavy atom. The van der Waals surface area contributed by atoms with Crippen LogP contribution in [0.1, 0.15) is 39.3 Å². The van der Waals surface area contributed by atoms with Crippen LogP contribution in [0.4, 0.5) is 19.0 Å². The fraction of sp³-hybridized carbons (Fsp3) is 0.478. The predicted molar refractivity (Wildman–Crippen MR) is 137 cm³/mol. The van der Waals surface area contributed by atoms with Crippen molar-refractivity contribution >= 4 is 30.4 Å². The number of hydrogen-bond acceptors (Lipinski definition) is 8. The maximum absolute atomic E-state index is 14.3. The van der Waals surface area contributed by atoms with Gasteiger partial charge in [0.2, 0.25) is 7.44 Å². The second kappa shape index (κ2) is 11.5. The van der Waals surface area contributed by atoms with Gasteiger partial charge in [0.25, 0.3) is 0 Å². The van der Waals surface area contributed by atoms with E-state index in [9.17, 15) is 27.6 Å². The molecule has 2 heterocycles. The zero-order valence-electron chi connectivity index (χ0n) is 22.0. The van der Waals surface area contributed by atoms with E-state index >= 15 is 0 Å². The quantitative estimate of drug-likeness (QED) is 0.269. The van der Waals surface area contributed by atoms with Crippen LogP contribution in [0.5, 0.6) is 5.75 Å². The van der Waals surface area contributed by atoms with Crippen molar-refractivity contribution in [3.63, 3.8) is 0 Å². The molecule has 12 nitrogen and oxygen atoms in total.